The van der Waals surface area contributed by atoms with Gasteiger partial charge in [0.15, 0.2) is 0 Å². The highest BCUT2D eigenvalue weighted by atomic mass is 35.5. The molecule has 6 nitrogen and oxygen atoms in total. The van der Waals surface area contributed by atoms with Gasteiger partial charge >= 0.3 is 0 Å². The predicted octanol–water partition coefficient (Wildman–Crippen LogP) is 3.18. The molecule has 0 saturated carbocycles. The lowest BCUT2D eigenvalue weighted by Crippen LogP contribution is -2.45. The lowest BCUT2D eigenvalue weighted by molar-refractivity contribution is 0.0889. The van der Waals surface area contributed by atoms with E-state index in [4.69, 9.17) is 0 Å². The fraction of sp³-hybridized carbons (Fsp3) is 0.545. The highest BCUT2D eigenvalue weighted by Gasteiger charge is 2.25. The van der Waals surface area contributed by atoms with Crippen molar-refractivity contribution in [2.45, 2.75) is 50.7 Å². The first-order valence-electron chi connectivity index (χ1n) is 10.6. The Labute approximate surface area is 179 Å². The van der Waals surface area contributed by atoms with Gasteiger partial charge in [-0.05, 0) is 50.8 Å². The van der Waals surface area contributed by atoms with E-state index in [-0.39, 0.29) is 24.4 Å². The number of carbonyl (C=O) groups excluding carboxylic acids is 1. The molecular weight excluding hydrogens is 386 g/mol. The van der Waals surface area contributed by atoms with E-state index in [0.717, 1.165) is 51.9 Å². The van der Waals surface area contributed by atoms with Crippen molar-refractivity contribution in [2.24, 2.45) is 0 Å². The van der Waals surface area contributed by atoms with E-state index in [1.165, 1.54) is 5.56 Å². The van der Waals surface area contributed by atoms with E-state index in [0.29, 0.717) is 17.8 Å². The van der Waals surface area contributed by atoms with Crippen LogP contribution in [0.5, 0.6) is 0 Å². The minimum absolute atomic E-state index is 0. The highest BCUT2D eigenvalue weighted by molar-refractivity contribution is 5.92. The average Bonchev–Trinajstić information content (AvgIpc) is 3.26. The standard InChI is InChI=1S/C22H31N5O.ClH/c1-17(18-6-3-2-4-7-18)26-13-9-19(10-14-26)24-22(28)21-11-15-27(25-21)20-8-5-12-23-16-20;/h2-4,6-7,11,15,17,19-20,23H,5,8-10,12-14,16H2,1H3,(H,24,28);1H. The molecule has 0 spiro atoms. The van der Waals surface area contributed by atoms with Gasteiger partial charge in [-0.1, -0.05) is 30.3 Å². The summed E-state index contributed by atoms with van der Waals surface area (Å²) in [5.74, 6) is -0.0444. The molecule has 3 heterocycles. The molecule has 1 amide bonds. The Balaban J connectivity index is 0.00000240. The molecule has 2 aliphatic heterocycles. The Bertz CT molecular complexity index is 767. The van der Waals surface area contributed by atoms with Crippen LogP contribution in [-0.4, -0.2) is 52.8 Å². The zero-order valence-electron chi connectivity index (χ0n) is 17.1. The molecule has 7 heteroatoms. The van der Waals surface area contributed by atoms with Crippen molar-refractivity contribution in [3.05, 3.63) is 53.9 Å². The molecule has 29 heavy (non-hydrogen) atoms. The van der Waals surface area contributed by atoms with Gasteiger partial charge in [0.1, 0.15) is 5.69 Å². The van der Waals surface area contributed by atoms with Gasteiger partial charge in [-0.2, -0.15) is 5.10 Å². The Morgan fingerprint density at radius 2 is 1.93 bits per heavy atom. The number of piperidine rings is 2. The lowest BCUT2D eigenvalue weighted by atomic mass is 10.00. The van der Waals surface area contributed by atoms with Gasteiger partial charge in [0.05, 0.1) is 6.04 Å². The fourth-order valence-corrected chi connectivity index (χ4v) is 4.35. The molecule has 1 aromatic heterocycles. The summed E-state index contributed by atoms with van der Waals surface area (Å²) in [7, 11) is 0. The molecular formula is C22H32ClN5O. The first-order chi connectivity index (χ1) is 13.7. The quantitative estimate of drug-likeness (QED) is 0.784. The van der Waals surface area contributed by atoms with Crippen LogP contribution in [0.3, 0.4) is 0 Å². The zero-order valence-corrected chi connectivity index (χ0v) is 17.9. The van der Waals surface area contributed by atoms with Crippen LogP contribution in [0.2, 0.25) is 0 Å². The maximum atomic E-state index is 12.6. The molecule has 2 N–H and O–H groups in total. The number of nitrogens with zero attached hydrogens (tertiary/aromatic N) is 3. The van der Waals surface area contributed by atoms with Gasteiger partial charge in [0, 0.05) is 37.9 Å². The second-order valence-corrected chi connectivity index (χ2v) is 8.05. The van der Waals surface area contributed by atoms with Crippen molar-refractivity contribution in [1.29, 1.82) is 0 Å². The zero-order chi connectivity index (χ0) is 19.3. The molecule has 2 fully saturated rings. The summed E-state index contributed by atoms with van der Waals surface area (Å²) in [5, 5.41) is 11.1. The third-order valence-corrected chi connectivity index (χ3v) is 6.18. The van der Waals surface area contributed by atoms with Crippen LogP contribution in [0.1, 0.15) is 60.7 Å². The van der Waals surface area contributed by atoms with Gasteiger partial charge in [-0.3, -0.25) is 14.4 Å². The van der Waals surface area contributed by atoms with Crippen molar-refractivity contribution >= 4 is 18.3 Å². The number of hydrogen-bond donors (Lipinski definition) is 2. The summed E-state index contributed by atoms with van der Waals surface area (Å²) >= 11 is 0. The Morgan fingerprint density at radius 1 is 1.17 bits per heavy atom. The summed E-state index contributed by atoms with van der Waals surface area (Å²) in [5.41, 5.74) is 1.89. The molecule has 2 saturated heterocycles. The SMILES string of the molecule is CC(c1ccccc1)N1CCC(NC(=O)c2ccn(C3CCCNC3)n2)CC1.Cl. The van der Waals surface area contributed by atoms with Crippen LogP contribution in [0.15, 0.2) is 42.6 Å². The molecule has 158 valence electrons. The average molecular weight is 418 g/mol. The van der Waals surface area contributed by atoms with Crippen LogP contribution in [0, 0.1) is 0 Å². The number of aromatic nitrogens is 2. The first kappa shape index (κ1) is 21.8. The summed E-state index contributed by atoms with van der Waals surface area (Å²) in [6, 6.07) is 13.5. The minimum atomic E-state index is -0.0444. The molecule has 2 aromatic rings. The van der Waals surface area contributed by atoms with Crippen LogP contribution < -0.4 is 10.6 Å². The topological polar surface area (TPSA) is 62.2 Å². The van der Waals surface area contributed by atoms with Gasteiger partial charge in [0.25, 0.3) is 5.91 Å². The number of carbonyl (C=O) groups is 1. The smallest absolute Gasteiger partial charge is 0.271 e. The molecule has 1 aromatic carbocycles. The molecule has 0 radical (unpaired) electrons. The van der Waals surface area contributed by atoms with E-state index in [2.05, 4.69) is 57.9 Å². The number of halogens is 1. The van der Waals surface area contributed by atoms with Crippen molar-refractivity contribution in [1.82, 2.24) is 25.3 Å². The summed E-state index contributed by atoms with van der Waals surface area (Å²) in [6.45, 7) is 6.28. The fourth-order valence-electron chi connectivity index (χ4n) is 4.35. The van der Waals surface area contributed by atoms with E-state index in [9.17, 15) is 4.79 Å². The van der Waals surface area contributed by atoms with Gasteiger partial charge in [-0.25, -0.2) is 0 Å². The number of benzene rings is 1. The van der Waals surface area contributed by atoms with Crippen molar-refractivity contribution < 1.29 is 4.79 Å². The number of amides is 1. The third kappa shape index (κ3) is 5.38. The largest absolute Gasteiger partial charge is 0.348 e. The Morgan fingerprint density at radius 3 is 2.62 bits per heavy atom. The minimum Gasteiger partial charge on any atom is -0.348 e. The van der Waals surface area contributed by atoms with Crippen LogP contribution in [0.25, 0.3) is 0 Å². The molecule has 2 aliphatic rings. The van der Waals surface area contributed by atoms with Crippen molar-refractivity contribution in [2.75, 3.05) is 26.2 Å². The molecule has 0 aliphatic carbocycles. The summed E-state index contributed by atoms with van der Waals surface area (Å²) in [6.07, 6.45) is 6.18. The number of hydrogen-bond acceptors (Lipinski definition) is 4. The van der Waals surface area contributed by atoms with Crippen molar-refractivity contribution in [3.8, 4) is 0 Å². The second-order valence-electron chi connectivity index (χ2n) is 8.05. The Kier molecular flexibility index (Phi) is 7.70. The van der Waals surface area contributed by atoms with Crippen LogP contribution in [0.4, 0.5) is 0 Å². The van der Waals surface area contributed by atoms with Gasteiger partial charge < -0.3 is 10.6 Å². The predicted molar refractivity (Wildman–Crippen MR) is 118 cm³/mol. The number of nitrogens with one attached hydrogen (secondary N) is 2. The van der Waals surface area contributed by atoms with Crippen LogP contribution >= 0.6 is 12.4 Å². The van der Waals surface area contributed by atoms with E-state index >= 15 is 0 Å². The van der Waals surface area contributed by atoms with Gasteiger partial charge in [0.2, 0.25) is 0 Å². The molecule has 2 atom stereocenters. The Hall–Kier alpha value is -1.89. The molecule has 0 bridgehead atoms. The second kappa shape index (κ2) is 10.2. The van der Waals surface area contributed by atoms with E-state index in [1.807, 2.05) is 16.9 Å². The van der Waals surface area contributed by atoms with E-state index < -0.39 is 0 Å². The lowest BCUT2D eigenvalue weighted by Gasteiger charge is -2.36. The normalized spacial score (nSPS) is 21.9. The third-order valence-electron chi connectivity index (χ3n) is 6.18. The maximum absolute atomic E-state index is 12.6. The first-order valence-corrected chi connectivity index (χ1v) is 10.6. The number of likely N-dealkylation sites (tertiary alicyclic amines) is 1. The summed E-state index contributed by atoms with van der Waals surface area (Å²) < 4.78 is 1.95. The monoisotopic (exact) mass is 417 g/mol. The van der Waals surface area contributed by atoms with E-state index in [1.54, 1.807) is 0 Å². The maximum Gasteiger partial charge on any atom is 0.271 e. The highest BCUT2D eigenvalue weighted by Crippen LogP contribution is 2.24. The molecule has 4 rings (SSSR count). The number of rotatable bonds is 5. The van der Waals surface area contributed by atoms with Crippen molar-refractivity contribution in [3.63, 3.8) is 0 Å². The molecule has 2 unspecified atom stereocenters. The van der Waals surface area contributed by atoms with Crippen LogP contribution in [-0.2, 0) is 0 Å². The summed E-state index contributed by atoms with van der Waals surface area (Å²) in [4.78, 5) is 15.1. The van der Waals surface area contributed by atoms with Gasteiger partial charge in [-0.15, -0.1) is 12.4 Å².